The Morgan fingerprint density at radius 3 is 2.62 bits per heavy atom. The van der Waals surface area contributed by atoms with Crippen LogP contribution in [-0.2, 0) is 5.75 Å². The molecule has 0 N–H and O–H groups in total. The molecular formula is C18H17ClN2O2S. The third kappa shape index (κ3) is 3.57. The van der Waals surface area contributed by atoms with Crippen molar-refractivity contribution in [3.8, 4) is 0 Å². The van der Waals surface area contributed by atoms with Gasteiger partial charge in [0.05, 0.1) is 10.9 Å². The Morgan fingerprint density at radius 1 is 1.17 bits per heavy atom. The van der Waals surface area contributed by atoms with Crippen LogP contribution in [0.15, 0.2) is 58.5 Å². The van der Waals surface area contributed by atoms with Gasteiger partial charge in [-0.25, -0.2) is 4.98 Å². The number of aromatic nitrogens is 2. The Hall–Kier alpha value is -1.98. The van der Waals surface area contributed by atoms with E-state index < -0.39 is 0 Å². The minimum atomic E-state index is -0.198. The molecule has 6 heteroatoms. The molecule has 0 bridgehead atoms. The Kier molecular flexibility index (Phi) is 5.11. The second kappa shape index (κ2) is 7.28. The number of para-hydroxylation sites is 1. The molecule has 124 valence electrons. The van der Waals surface area contributed by atoms with Gasteiger partial charge in [-0.1, -0.05) is 53.7 Å². The molecule has 3 rings (SSSR count). The summed E-state index contributed by atoms with van der Waals surface area (Å²) in [6.07, 6.45) is -0.134. The first-order valence-corrected chi connectivity index (χ1v) is 8.98. The molecule has 0 spiro atoms. The van der Waals surface area contributed by atoms with E-state index in [-0.39, 0.29) is 11.7 Å². The van der Waals surface area contributed by atoms with E-state index >= 15 is 0 Å². The average molecular weight is 361 g/mol. The van der Waals surface area contributed by atoms with Crippen LogP contribution in [0.2, 0.25) is 5.02 Å². The van der Waals surface area contributed by atoms with E-state index in [1.165, 1.54) is 16.5 Å². The van der Waals surface area contributed by atoms with Gasteiger partial charge in [-0.2, -0.15) is 0 Å². The van der Waals surface area contributed by atoms with Crippen molar-refractivity contribution in [1.82, 2.24) is 9.71 Å². The zero-order valence-electron chi connectivity index (χ0n) is 13.4. The van der Waals surface area contributed by atoms with E-state index in [1.807, 2.05) is 56.3 Å². The van der Waals surface area contributed by atoms with Gasteiger partial charge >= 0.3 is 0 Å². The van der Waals surface area contributed by atoms with Gasteiger partial charge in [0, 0.05) is 10.8 Å². The molecule has 1 aromatic heterocycles. The van der Waals surface area contributed by atoms with Gasteiger partial charge in [0.25, 0.3) is 5.56 Å². The van der Waals surface area contributed by atoms with Gasteiger partial charge in [-0.05, 0) is 37.6 Å². The standard InChI is InChI=1S/C18H17ClN2O2S/c1-12(2)23-21-17(22)14-8-4-6-10-16(14)20-18(21)24-11-13-7-3-5-9-15(13)19/h3-10,12H,11H2,1-2H3. The minimum absolute atomic E-state index is 0.134. The third-order valence-electron chi connectivity index (χ3n) is 3.34. The maximum Gasteiger partial charge on any atom is 0.295 e. The van der Waals surface area contributed by atoms with Crippen LogP contribution in [0.1, 0.15) is 19.4 Å². The van der Waals surface area contributed by atoms with Crippen molar-refractivity contribution in [3.05, 3.63) is 69.5 Å². The summed E-state index contributed by atoms with van der Waals surface area (Å²) in [6.45, 7) is 3.76. The fourth-order valence-electron chi connectivity index (χ4n) is 2.25. The fraction of sp³-hybridized carbons (Fsp3) is 0.222. The largest absolute Gasteiger partial charge is 0.406 e. The van der Waals surface area contributed by atoms with Crippen LogP contribution in [0.3, 0.4) is 0 Å². The van der Waals surface area contributed by atoms with Crippen molar-refractivity contribution in [1.29, 1.82) is 0 Å². The van der Waals surface area contributed by atoms with E-state index in [0.29, 0.717) is 26.8 Å². The Labute approximate surface area is 149 Å². The minimum Gasteiger partial charge on any atom is -0.406 e. The number of nitrogens with zero attached hydrogens (tertiary/aromatic N) is 2. The van der Waals surface area contributed by atoms with Gasteiger partial charge in [-0.15, -0.1) is 4.73 Å². The fourth-order valence-corrected chi connectivity index (χ4v) is 3.47. The number of halogens is 1. The maximum atomic E-state index is 12.7. The normalized spacial score (nSPS) is 11.2. The Balaban J connectivity index is 2.02. The average Bonchev–Trinajstić information content (AvgIpc) is 2.57. The lowest BCUT2D eigenvalue weighted by Gasteiger charge is -2.16. The lowest BCUT2D eigenvalue weighted by atomic mass is 10.2. The molecule has 0 aliphatic heterocycles. The van der Waals surface area contributed by atoms with Crippen LogP contribution in [0.5, 0.6) is 0 Å². The summed E-state index contributed by atoms with van der Waals surface area (Å²) in [6, 6.07) is 14.9. The zero-order valence-corrected chi connectivity index (χ0v) is 15.0. The summed E-state index contributed by atoms with van der Waals surface area (Å²) >= 11 is 7.64. The van der Waals surface area contributed by atoms with Gasteiger partial charge in [0.15, 0.2) is 0 Å². The summed E-state index contributed by atoms with van der Waals surface area (Å²) in [5.41, 5.74) is 1.45. The molecule has 24 heavy (non-hydrogen) atoms. The molecule has 2 aromatic carbocycles. The van der Waals surface area contributed by atoms with Crippen molar-refractivity contribution in [2.45, 2.75) is 30.9 Å². The molecule has 0 fully saturated rings. The number of rotatable bonds is 5. The van der Waals surface area contributed by atoms with E-state index in [9.17, 15) is 4.79 Å². The molecular weight excluding hydrogens is 344 g/mol. The van der Waals surface area contributed by atoms with Gasteiger partial charge in [0.1, 0.15) is 6.10 Å². The van der Waals surface area contributed by atoms with E-state index in [2.05, 4.69) is 4.98 Å². The van der Waals surface area contributed by atoms with Crippen LogP contribution < -0.4 is 10.4 Å². The lowest BCUT2D eigenvalue weighted by molar-refractivity contribution is 0.0346. The molecule has 3 aromatic rings. The van der Waals surface area contributed by atoms with Crippen molar-refractivity contribution in [3.63, 3.8) is 0 Å². The van der Waals surface area contributed by atoms with E-state index in [0.717, 1.165) is 5.56 Å². The van der Waals surface area contributed by atoms with Crippen molar-refractivity contribution < 1.29 is 4.84 Å². The highest BCUT2D eigenvalue weighted by Crippen LogP contribution is 2.25. The van der Waals surface area contributed by atoms with E-state index in [4.69, 9.17) is 16.4 Å². The van der Waals surface area contributed by atoms with Crippen LogP contribution in [0, 0.1) is 0 Å². The van der Waals surface area contributed by atoms with E-state index in [1.54, 1.807) is 6.07 Å². The Morgan fingerprint density at radius 2 is 1.88 bits per heavy atom. The van der Waals surface area contributed by atoms with Crippen LogP contribution in [0.4, 0.5) is 0 Å². The predicted octanol–water partition coefficient (Wildman–Crippen LogP) is 4.18. The van der Waals surface area contributed by atoms with Crippen LogP contribution in [-0.4, -0.2) is 15.8 Å². The zero-order chi connectivity index (χ0) is 17.1. The van der Waals surface area contributed by atoms with Crippen molar-refractivity contribution in [2.75, 3.05) is 0 Å². The third-order valence-corrected chi connectivity index (χ3v) is 4.68. The van der Waals surface area contributed by atoms with Crippen molar-refractivity contribution >= 4 is 34.3 Å². The molecule has 0 aliphatic rings. The van der Waals surface area contributed by atoms with Gasteiger partial charge in [0.2, 0.25) is 5.16 Å². The Bertz CT molecular complexity index is 924. The second-order valence-corrected chi connectivity index (χ2v) is 6.90. The van der Waals surface area contributed by atoms with Gasteiger partial charge in [-0.3, -0.25) is 4.79 Å². The highest BCUT2D eigenvalue weighted by molar-refractivity contribution is 7.98. The smallest absolute Gasteiger partial charge is 0.295 e. The summed E-state index contributed by atoms with van der Waals surface area (Å²) in [7, 11) is 0. The molecule has 4 nitrogen and oxygen atoms in total. The molecule has 0 amide bonds. The summed E-state index contributed by atoms with van der Waals surface area (Å²) in [4.78, 5) is 23.0. The first-order valence-electron chi connectivity index (χ1n) is 7.61. The van der Waals surface area contributed by atoms with Gasteiger partial charge < -0.3 is 4.84 Å². The summed E-state index contributed by atoms with van der Waals surface area (Å²) in [5, 5.41) is 1.76. The highest BCUT2D eigenvalue weighted by atomic mass is 35.5. The first-order chi connectivity index (χ1) is 11.6. The number of hydrogen-bond donors (Lipinski definition) is 0. The number of thioether (sulfide) groups is 1. The lowest BCUT2D eigenvalue weighted by Crippen LogP contribution is -2.33. The molecule has 0 unspecified atom stereocenters. The molecule has 0 saturated heterocycles. The summed E-state index contributed by atoms with van der Waals surface area (Å²) in [5.74, 6) is 0.603. The number of fused-ring (bicyclic) bond motifs is 1. The topological polar surface area (TPSA) is 44.1 Å². The highest BCUT2D eigenvalue weighted by Gasteiger charge is 2.14. The molecule has 1 heterocycles. The summed E-state index contributed by atoms with van der Waals surface area (Å²) < 4.78 is 1.29. The monoisotopic (exact) mass is 360 g/mol. The number of hydrogen-bond acceptors (Lipinski definition) is 4. The SMILES string of the molecule is CC(C)On1c(SCc2ccccc2Cl)nc2ccccc2c1=O. The maximum absolute atomic E-state index is 12.7. The quantitative estimate of drug-likeness (QED) is 0.505. The molecule has 0 radical (unpaired) electrons. The van der Waals surface area contributed by atoms with Crippen molar-refractivity contribution in [2.24, 2.45) is 0 Å². The van der Waals surface area contributed by atoms with Crippen LogP contribution in [0.25, 0.3) is 10.9 Å². The predicted molar refractivity (Wildman–Crippen MR) is 98.7 cm³/mol. The number of benzene rings is 2. The van der Waals surface area contributed by atoms with Crippen LogP contribution >= 0.6 is 23.4 Å². The molecule has 0 aliphatic carbocycles. The molecule has 0 saturated carbocycles. The first kappa shape index (κ1) is 16.9. The second-order valence-electron chi connectivity index (χ2n) is 5.55. The molecule has 0 atom stereocenters.